The van der Waals surface area contributed by atoms with Gasteiger partial charge in [0, 0.05) is 25.2 Å². The second-order valence-corrected chi connectivity index (χ2v) is 5.21. The maximum atomic E-state index is 5.96. The molecule has 0 radical (unpaired) electrons. The fraction of sp³-hybridized carbons (Fsp3) is 1.00. The van der Waals surface area contributed by atoms with Crippen molar-refractivity contribution >= 4 is 24.8 Å². The molecular weight excluding hydrogens is 231 g/mol. The van der Waals surface area contributed by atoms with Crippen LogP contribution in [0.3, 0.4) is 0 Å². The van der Waals surface area contributed by atoms with Crippen molar-refractivity contribution in [2.75, 3.05) is 13.1 Å². The van der Waals surface area contributed by atoms with Gasteiger partial charge in [0.05, 0.1) is 0 Å². The number of hydrogen-bond donors (Lipinski definition) is 1. The monoisotopic (exact) mass is 252 g/mol. The molecule has 1 heterocycles. The van der Waals surface area contributed by atoms with Gasteiger partial charge in [-0.15, -0.1) is 24.8 Å². The van der Waals surface area contributed by atoms with Crippen molar-refractivity contribution in [3.8, 4) is 0 Å². The molecule has 15 heavy (non-hydrogen) atoms. The number of hydrogen-bond acceptors (Lipinski definition) is 2. The fourth-order valence-corrected chi connectivity index (χ4v) is 2.94. The highest BCUT2D eigenvalue weighted by Gasteiger charge is 2.45. The fourth-order valence-electron chi connectivity index (χ4n) is 2.94. The zero-order valence-electron chi connectivity index (χ0n) is 9.10. The van der Waals surface area contributed by atoms with E-state index in [9.17, 15) is 0 Å². The van der Waals surface area contributed by atoms with E-state index in [0.717, 1.165) is 17.9 Å². The molecule has 1 aliphatic heterocycles. The highest BCUT2D eigenvalue weighted by molar-refractivity contribution is 5.85. The molecule has 2 nitrogen and oxygen atoms in total. The van der Waals surface area contributed by atoms with Crippen LogP contribution in [0.5, 0.6) is 0 Å². The number of nitrogens with two attached hydrogens (primary N) is 1. The molecule has 0 aromatic carbocycles. The first-order valence-corrected chi connectivity index (χ1v) is 5.84. The summed E-state index contributed by atoms with van der Waals surface area (Å²) in [6.07, 6.45) is 7.20. The Labute approximate surface area is 105 Å². The molecule has 0 bridgehead atoms. The van der Waals surface area contributed by atoms with Crippen LogP contribution in [0.2, 0.25) is 0 Å². The van der Waals surface area contributed by atoms with Crippen molar-refractivity contribution < 1.29 is 0 Å². The Kier molecular flexibility index (Phi) is 4.72. The number of halogens is 2. The first-order valence-electron chi connectivity index (χ1n) is 5.84. The lowest BCUT2D eigenvalue weighted by atomic mass is 10.1. The third kappa shape index (κ3) is 3.00. The normalized spacial score (nSPS) is 31.2. The van der Waals surface area contributed by atoms with Gasteiger partial charge in [0.2, 0.25) is 0 Å². The van der Waals surface area contributed by atoms with Crippen LogP contribution in [-0.4, -0.2) is 30.1 Å². The summed E-state index contributed by atoms with van der Waals surface area (Å²) < 4.78 is 0. The van der Waals surface area contributed by atoms with Gasteiger partial charge >= 0.3 is 0 Å². The minimum atomic E-state index is 0. The third-order valence-electron chi connectivity index (χ3n) is 3.89. The summed E-state index contributed by atoms with van der Waals surface area (Å²) in [5.41, 5.74) is 5.96. The molecule has 1 atom stereocenters. The van der Waals surface area contributed by atoms with Crippen LogP contribution < -0.4 is 5.73 Å². The largest absolute Gasteiger partial charge is 0.326 e. The van der Waals surface area contributed by atoms with E-state index in [1.165, 1.54) is 45.2 Å². The summed E-state index contributed by atoms with van der Waals surface area (Å²) in [7, 11) is 0. The summed E-state index contributed by atoms with van der Waals surface area (Å²) in [6.45, 7) is 2.45. The lowest BCUT2D eigenvalue weighted by Crippen LogP contribution is -2.38. The molecule has 1 unspecified atom stereocenters. The van der Waals surface area contributed by atoms with E-state index in [2.05, 4.69) is 4.90 Å². The molecule has 4 heteroatoms. The number of rotatable bonds is 3. The average Bonchev–Trinajstić information content (AvgIpc) is 2.95. The second kappa shape index (κ2) is 5.22. The summed E-state index contributed by atoms with van der Waals surface area (Å²) >= 11 is 0. The topological polar surface area (TPSA) is 29.3 Å². The average molecular weight is 253 g/mol. The first-order chi connectivity index (χ1) is 6.34. The Morgan fingerprint density at radius 2 is 1.47 bits per heavy atom. The van der Waals surface area contributed by atoms with Gasteiger partial charge in [-0.05, 0) is 43.9 Å². The van der Waals surface area contributed by atoms with Gasteiger partial charge in [-0.1, -0.05) is 0 Å². The van der Waals surface area contributed by atoms with Crippen LogP contribution in [0.15, 0.2) is 0 Å². The van der Waals surface area contributed by atoms with E-state index in [1.807, 2.05) is 0 Å². The predicted octanol–water partition coefficient (Wildman–Crippen LogP) is 2.05. The van der Waals surface area contributed by atoms with Crippen molar-refractivity contribution in [3.05, 3.63) is 0 Å². The van der Waals surface area contributed by atoms with E-state index in [1.54, 1.807) is 0 Å². The Balaban J connectivity index is 0.000000562. The summed E-state index contributed by atoms with van der Waals surface area (Å²) in [5, 5.41) is 0. The summed E-state index contributed by atoms with van der Waals surface area (Å²) in [6, 6.07) is 1.41. The standard InChI is InChI=1S/C11H20N2.2ClH/c12-10-5-6-13(7-10)11(8-1-2-8)9-3-4-9;;/h8-11H,1-7,12H2;2*1H. The molecule has 0 aromatic heterocycles. The number of nitrogens with zero attached hydrogens (tertiary/aromatic N) is 1. The molecule has 2 saturated carbocycles. The first kappa shape index (κ1) is 13.6. The Hall–Kier alpha value is 0.500. The lowest BCUT2D eigenvalue weighted by molar-refractivity contribution is 0.192. The SMILES string of the molecule is Cl.Cl.NC1CCN(C(C2CC2)C2CC2)C1. The molecule has 2 aliphatic carbocycles. The molecule has 3 aliphatic rings. The van der Waals surface area contributed by atoms with Crippen LogP contribution in [-0.2, 0) is 0 Å². The Morgan fingerprint density at radius 3 is 1.80 bits per heavy atom. The Bertz CT molecular complexity index is 193. The summed E-state index contributed by atoms with van der Waals surface area (Å²) in [4.78, 5) is 2.69. The zero-order valence-corrected chi connectivity index (χ0v) is 10.7. The smallest absolute Gasteiger partial charge is 0.0180 e. The van der Waals surface area contributed by atoms with Crippen LogP contribution in [0.1, 0.15) is 32.1 Å². The van der Waals surface area contributed by atoms with Gasteiger partial charge in [0.25, 0.3) is 0 Å². The maximum absolute atomic E-state index is 5.96. The Morgan fingerprint density at radius 1 is 0.933 bits per heavy atom. The van der Waals surface area contributed by atoms with Crippen molar-refractivity contribution in [2.45, 2.75) is 44.2 Å². The van der Waals surface area contributed by atoms with Gasteiger partial charge in [-0.25, -0.2) is 0 Å². The minimum absolute atomic E-state index is 0. The minimum Gasteiger partial charge on any atom is -0.326 e. The van der Waals surface area contributed by atoms with Gasteiger partial charge in [-0.2, -0.15) is 0 Å². The predicted molar refractivity (Wildman–Crippen MR) is 67.9 cm³/mol. The molecule has 0 amide bonds. The van der Waals surface area contributed by atoms with Crippen molar-refractivity contribution in [1.29, 1.82) is 0 Å². The maximum Gasteiger partial charge on any atom is 0.0180 e. The molecular formula is C11H22Cl2N2. The second-order valence-electron chi connectivity index (χ2n) is 5.21. The van der Waals surface area contributed by atoms with Gasteiger partial charge in [0.15, 0.2) is 0 Å². The molecule has 0 spiro atoms. The highest BCUT2D eigenvalue weighted by atomic mass is 35.5. The zero-order chi connectivity index (χ0) is 8.84. The molecule has 90 valence electrons. The lowest BCUT2D eigenvalue weighted by Gasteiger charge is -2.27. The van der Waals surface area contributed by atoms with E-state index in [0.29, 0.717) is 6.04 Å². The summed E-state index contributed by atoms with van der Waals surface area (Å²) in [5.74, 6) is 2.11. The van der Waals surface area contributed by atoms with Gasteiger partial charge in [0.1, 0.15) is 0 Å². The van der Waals surface area contributed by atoms with Crippen LogP contribution >= 0.6 is 24.8 Å². The van der Waals surface area contributed by atoms with E-state index in [-0.39, 0.29) is 24.8 Å². The third-order valence-corrected chi connectivity index (χ3v) is 3.89. The molecule has 2 N–H and O–H groups in total. The van der Waals surface area contributed by atoms with E-state index in [4.69, 9.17) is 5.73 Å². The number of likely N-dealkylation sites (tertiary alicyclic amines) is 1. The van der Waals surface area contributed by atoms with Gasteiger partial charge < -0.3 is 5.73 Å². The molecule has 3 fully saturated rings. The van der Waals surface area contributed by atoms with Crippen molar-refractivity contribution in [2.24, 2.45) is 17.6 Å². The van der Waals surface area contributed by atoms with E-state index < -0.39 is 0 Å². The molecule has 0 aromatic rings. The quantitative estimate of drug-likeness (QED) is 0.834. The highest BCUT2D eigenvalue weighted by Crippen LogP contribution is 2.47. The van der Waals surface area contributed by atoms with Crippen LogP contribution in [0.25, 0.3) is 0 Å². The van der Waals surface area contributed by atoms with Crippen LogP contribution in [0, 0.1) is 11.8 Å². The van der Waals surface area contributed by atoms with Gasteiger partial charge in [-0.3, -0.25) is 4.90 Å². The molecule has 3 rings (SSSR count). The van der Waals surface area contributed by atoms with Crippen molar-refractivity contribution in [1.82, 2.24) is 4.90 Å². The molecule has 1 saturated heterocycles. The van der Waals surface area contributed by atoms with Crippen LogP contribution in [0.4, 0.5) is 0 Å². The van der Waals surface area contributed by atoms with Crippen molar-refractivity contribution in [3.63, 3.8) is 0 Å². The van der Waals surface area contributed by atoms with E-state index >= 15 is 0 Å².